The van der Waals surface area contributed by atoms with Gasteiger partial charge >= 0.3 is 6.18 Å². The number of benzene rings is 1. The van der Waals surface area contributed by atoms with Crippen LogP contribution in [0.1, 0.15) is 36.2 Å². The second-order valence-corrected chi connectivity index (χ2v) is 9.32. The Labute approximate surface area is 195 Å². The number of H-pyrrole nitrogens is 1. The lowest BCUT2D eigenvalue weighted by molar-refractivity contribution is -0.155. The Hall–Kier alpha value is -2.72. The van der Waals surface area contributed by atoms with Crippen molar-refractivity contribution in [3.63, 3.8) is 0 Å². The second-order valence-electron chi connectivity index (χ2n) is 9.32. The van der Waals surface area contributed by atoms with Gasteiger partial charge in [-0.05, 0) is 49.1 Å². The smallest absolute Gasteiger partial charge is 0.378 e. The molecule has 1 aromatic carbocycles. The van der Waals surface area contributed by atoms with Crippen molar-refractivity contribution in [2.24, 2.45) is 0 Å². The van der Waals surface area contributed by atoms with Crippen molar-refractivity contribution in [1.29, 1.82) is 0 Å². The molecule has 0 aliphatic carbocycles. The zero-order valence-corrected chi connectivity index (χ0v) is 18.9. The van der Waals surface area contributed by atoms with Gasteiger partial charge in [0, 0.05) is 31.1 Å². The summed E-state index contributed by atoms with van der Waals surface area (Å²) in [7, 11) is 0. The average Bonchev–Trinajstić information content (AvgIpc) is 3.25. The molecule has 0 amide bonds. The van der Waals surface area contributed by atoms with E-state index in [0.717, 1.165) is 47.4 Å². The van der Waals surface area contributed by atoms with E-state index in [1.54, 1.807) is 12.4 Å². The Balaban J connectivity index is 1.40. The van der Waals surface area contributed by atoms with Crippen LogP contribution in [0.15, 0.2) is 36.7 Å². The van der Waals surface area contributed by atoms with Gasteiger partial charge in [-0.1, -0.05) is 6.07 Å². The van der Waals surface area contributed by atoms with E-state index in [1.165, 1.54) is 4.90 Å². The summed E-state index contributed by atoms with van der Waals surface area (Å²) in [5.74, 6) is 0. The number of likely N-dealkylation sites (tertiary alicyclic amines) is 1. The number of fused-ring (bicyclic) bond motifs is 3. The standard InChI is InChI=1S/C24H28F4N6/c1-15-9-19-18(4-6-21-20(19)11-30-32-21)23(34(15)14-24(26,27)28)22-5-3-16(10-29-22)31-17-12-33(13-17)8-2-7-25/h3-6,10-11,15,17,23,31H,2,7-9,12-14H2,1H3,(H,30,32)/t15?,23-/m0/s1. The summed E-state index contributed by atoms with van der Waals surface area (Å²) in [6.07, 6.45) is 0.181. The van der Waals surface area contributed by atoms with E-state index in [-0.39, 0.29) is 18.8 Å². The third kappa shape index (κ3) is 4.61. The maximum absolute atomic E-state index is 13.5. The Kier molecular flexibility index (Phi) is 6.20. The molecule has 0 bridgehead atoms. The topological polar surface area (TPSA) is 60.1 Å². The average molecular weight is 477 g/mol. The Morgan fingerprint density at radius 1 is 1.15 bits per heavy atom. The molecule has 1 saturated heterocycles. The van der Waals surface area contributed by atoms with Gasteiger partial charge in [-0.25, -0.2) is 0 Å². The maximum Gasteiger partial charge on any atom is 0.401 e. The van der Waals surface area contributed by atoms with E-state index < -0.39 is 18.8 Å². The number of aromatic nitrogens is 3. The van der Waals surface area contributed by atoms with E-state index in [9.17, 15) is 17.6 Å². The molecule has 2 aliphatic heterocycles. The highest BCUT2D eigenvalue weighted by molar-refractivity contribution is 5.83. The molecular formula is C24H28F4N6. The first-order valence-electron chi connectivity index (χ1n) is 11.6. The summed E-state index contributed by atoms with van der Waals surface area (Å²) in [5, 5.41) is 11.4. The molecule has 10 heteroatoms. The fourth-order valence-corrected chi connectivity index (χ4v) is 5.22. The molecule has 2 atom stereocenters. The first kappa shape index (κ1) is 23.0. The third-order valence-electron chi connectivity index (χ3n) is 6.83. The molecule has 3 aromatic rings. The van der Waals surface area contributed by atoms with Gasteiger partial charge in [-0.15, -0.1) is 0 Å². The van der Waals surface area contributed by atoms with Crippen molar-refractivity contribution in [3.05, 3.63) is 53.5 Å². The van der Waals surface area contributed by atoms with Gasteiger partial charge in [0.15, 0.2) is 0 Å². The van der Waals surface area contributed by atoms with Crippen molar-refractivity contribution in [2.45, 2.75) is 44.1 Å². The third-order valence-corrected chi connectivity index (χ3v) is 6.83. The van der Waals surface area contributed by atoms with Crippen LogP contribution >= 0.6 is 0 Å². The molecular weight excluding hydrogens is 448 g/mol. The van der Waals surface area contributed by atoms with Crippen LogP contribution < -0.4 is 5.32 Å². The molecule has 1 fully saturated rings. The van der Waals surface area contributed by atoms with E-state index >= 15 is 0 Å². The lowest BCUT2D eigenvalue weighted by Gasteiger charge is -2.42. The Morgan fingerprint density at radius 3 is 2.68 bits per heavy atom. The number of halogens is 4. The molecule has 2 N–H and O–H groups in total. The van der Waals surface area contributed by atoms with E-state index in [2.05, 4.69) is 25.4 Å². The van der Waals surface area contributed by atoms with Crippen LogP contribution in [0, 0.1) is 0 Å². The molecule has 2 aromatic heterocycles. The molecule has 5 rings (SSSR count). The van der Waals surface area contributed by atoms with Crippen LogP contribution in [0.4, 0.5) is 23.2 Å². The fraction of sp³-hybridized carbons (Fsp3) is 0.500. The van der Waals surface area contributed by atoms with Gasteiger partial charge in [-0.3, -0.25) is 24.3 Å². The SMILES string of the molecule is CC1Cc2c(ccc3[nH]ncc23)[C@@H](c2ccc(NC3CN(CCCF)C3)cn2)N1CC(F)(F)F. The highest BCUT2D eigenvalue weighted by atomic mass is 19.4. The van der Waals surface area contributed by atoms with Crippen LogP contribution in [0.3, 0.4) is 0 Å². The number of nitrogens with zero attached hydrogens (tertiary/aromatic N) is 4. The highest BCUT2D eigenvalue weighted by Gasteiger charge is 2.41. The van der Waals surface area contributed by atoms with Crippen LogP contribution in [0.5, 0.6) is 0 Å². The normalized spacial score (nSPS) is 22.0. The quantitative estimate of drug-likeness (QED) is 0.498. The van der Waals surface area contributed by atoms with Gasteiger partial charge in [0.25, 0.3) is 0 Å². The molecule has 4 heterocycles. The minimum absolute atomic E-state index is 0.263. The van der Waals surface area contributed by atoms with Crippen molar-refractivity contribution >= 4 is 16.6 Å². The van der Waals surface area contributed by atoms with Crippen LogP contribution in [0.25, 0.3) is 10.9 Å². The maximum atomic E-state index is 13.5. The summed E-state index contributed by atoms with van der Waals surface area (Å²) in [6.45, 7) is 2.97. The van der Waals surface area contributed by atoms with Crippen LogP contribution in [0.2, 0.25) is 0 Å². The summed E-state index contributed by atoms with van der Waals surface area (Å²) >= 11 is 0. The first-order chi connectivity index (χ1) is 16.3. The monoisotopic (exact) mass is 476 g/mol. The lowest BCUT2D eigenvalue weighted by atomic mass is 9.85. The van der Waals surface area contributed by atoms with Crippen LogP contribution in [-0.4, -0.2) is 76.1 Å². The van der Waals surface area contributed by atoms with Crippen molar-refractivity contribution in [1.82, 2.24) is 25.0 Å². The summed E-state index contributed by atoms with van der Waals surface area (Å²) < 4.78 is 52.9. The molecule has 6 nitrogen and oxygen atoms in total. The van der Waals surface area contributed by atoms with E-state index in [0.29, 0.717) is 18.5 Å². The number of alkyl halides is 4. The molecule has 1 unspecified atom stereocenters. The number of anilines is 1. The zero-order chi connectivity index (χ0) is 23.9. The molecule has 182 valence electrons. The Bertz CT molecular complexity index is 1120. The number of nitrogens with one attached hydrogen (secondary N) is 2. The molecule has 2 aliphatic rings. The lowest BCUT2D eigenvalue weighted by Crippen LogP contribution is -2.54. The van der Waals surface area contributed by atoms with Gasteiger partial charge in [0.2, 0.25) is 0 Å². The summed E-state index contributed by atoms with van der Waals surface area (Å²) in [6, 6.07) is 6.81. The molecule has 0 radical (unpaired) electrons. The predicted molar refractivity (Wildman–Crippen MR) is 123 cm³/mol. The minimum atomic E-state index is -4.32. The summed E-state index contributed by atoms with van der Waals surface area (Å²) in [5.41, 5.74) is 4.16. The van der Waals surface area contributed by atoms with E-state index in [4.69, 9.17) is 0 Å². The van der Waals surface area contributed by atoms with Crippen molar-refractivity contribution < 1.29 is 17.6 Å². The van der Waals surface area contributed by atoms with Gasteiger partial charge in [-0.2, -0.15) is 18.3 Å². The number of pyridine rings is 1. The van der Waals surface area contributed by atoms with E-state index in [1.807, 2.05) is 31.2 Å². The number of hydrogen-bond donors (Lipinski definition) is 2. The second kappa shape index (κ2) is 9.14. The van der Waals surface area contributed by atoms with Gasteiger partial charge < -0.3 is 5.32 Å². The summed E-state index contributed by atoms with van der Waals surface area (Å²) in [4.78, 5) is 8.29. The number of hydrogen-bond acceptors (Lipinski definition) is 5. The zero-order valence-electron chi connectivity index (χ0n) is 18.9. The highest BCUT2D eigenvalue weighted by Crippen LogP contribution is 2.41. The minimum Gasteiger partial charge on any atom is -0.378 e. The first-order valence-corrected chi connectivity index (χ1v) is 11.6. The van der Waals surface area contributed by atoms with Crippen LogP contribution in [-0.2, 0) is 6.42 Å². The Morgan fingerprint density at radius 2 is 1.97 bits per heavy atom. The van der Waals surface area contributed by atoms with Gasteiger partial charge in [0.05, 0.1) is 54.6 Å². The largest absolute Gasteiger partial charge is 0.401 e. The molecule has 0 saturated carbocycles. The van der Waals surface area contributed by atoms with Gasteiger partial charge in [0.1, 0.15) is 0 Å². The number of rotatable bonds is 7. The molecule has 0 spiro atoms. The fourth-order valence-electron chi connectivity index (χ4n) is 5.22. The van der Waals surface area contributed by atoms with Crippen molar-refractivity contribution in [2.75, 3.05) is 38.2 Å². The predicted octanol–water partition coefficient (Wildman–Crippen LogP) is 4.31. The number of aromatic amines is 1. The van der Waals surface area contributed by atoms with Crippen molar-refractivity contribution in [3.8, 4) is 0 Å². The molecule has 34 heavy (non-hydrogen) atoms.